The van der Waals surface area contributed by atoms with Gasteiger partial charge in [-0.05, 0) is 67.6 Å². The van der Waals surface area contributed by atoms with Crippen LogP contribution < -0.4 is 0 Å². The van der Waals surface area contributed by atoms with Gasteiger partial charge < -0.3 is 9.64 Å². The molecule has 0 saturated carbocycles. The van der Waals surface area contributed by atoms with Crippen molar-refractivity contribution in [3.63, 3.8) is 0 Å². The second-order valence-electron chi connectivity index (χ2n) is 7.56. The summed E-state index contributed by atoms with van der Waals surface area (Å²) in [6.45, 7) is 7.78. The van der Waals surface area contributed by atoms with Crippen molar-refractivity contribution in [3.8, 4) is 0 Å². The Kier molecular flexibility index (Phi) is 5.04. The number of benzene rings is 1. The molecule has 0 atom stereocenters. The van der Waals surface area contributed by atoms with Gasteiger partial charge in [-0.25, -0.2) is 9.18 Å². The van der Waals surface area contributed by atoms with Gasteiger partial charge in [0.25, 0.3) is 0 Å². The van der Waals surface area contributed by atoms with Crippen LogP contribution in [0.15, 0.2) is 22.8 Å². The first-order valence-electron chi connectivity index (χ1n) is 8.51. The second-order valence-corrected chi connectivity index (χ2v) is 8.42. The summed E-state index contributed by atoms with van der Waals surface area (Å²) in [5.74, 6) is 0.156. The van der Waals surface area contributed by atoms with E-state index in [0.29, 0.717) is 23.5 Å². The van der Waals surface area contributed by atoms with Crippen LogP contribution in [0.2, 0.25) is 0 Å². The highest BCUT2D eigenvalue weighted by atomic mass is 79.9. The van der Waals surface area contributed by atoms with Gasteiger partial charge in [-0.1, -0.05) is 0 Å². The standard InChI is InChI=1S/C18H23BrFN3O2/c1-18(2,3)25-17(24)22-6-4-12(5-7-22)11-23-16-9-14(19)15(20)8-13(16)10-21-23/h8-10,12H,4-7,11H2,1-3H3. The summed E-state index contributed by atoms with van der Waals surface area (Å²) in [5, 5.41) is 5.20. The number of piperidine rings is 1. The summed E-state index contributed by atoms with van der Waals surface area (Å²) in [5.41, 5.74) is 0.452. The zero-order valence-electron chi connectivity index (χ0n) is 14.8. The predicted molar refractivity (Wildman–Crippen MR) is 97.9 cm³/mol. The summed E-state index contributed by atoms with van der Waals surface area (Å²) >= 11 is 3.23. The zero-order chi connectivity index (χ0) is 18.2. The van der Waals surface area contributed by atoms with Crippen molar-refractivity contribution in [2.45, 2.75) is 45.8 Å². The van der Waals surface area contributed by atoms with Crippen molar-refractivity contribution in [2.75, 3.05) is 13.1 Å². The lowest BCUT2D eigenvalue weighted by Crippen LogP contribution is -2.42. The van der Waals surface area contributed by atoms with Gasteiger partial charge in [0, 0.05) is 25.0 Å². The normalized spacial score (nSPS) is 16.4. The average molecular weight is 412 g/mol. The number of amides is 1. The molecule has 1 amide bonds. The molecule has 2 aromatic rings. The zero-order valence-corrected chi connectivity index (χ0v) is 16.3. The van der Waals surface area contributed by atoms with E-state index in [4.69, 9.17) is 4.74 Å². The Morgan fingerprint density at radius 3 is 2.68 bits per heavy atom. The Morgan fingerprint density at radius 2 is 2.04 bits per heavy atom. The molecule has 7 heteroatoms. The minimum Gasteiger partial charge on any atom is -0.444 e. The number of halogens is 2. The van der Waals surface area contributed by atoms with Gasteiger partial charge in [-0.3, -0.25) is 4.68 Å². The van der Waals surface area contributed by atoms with Crippen molar-refractivity contribution in [2.24, 2.45) is 5.92 Å². The van der Waals surface area contributed by atoms with E-state index in [1.807, 2.05) is 25.5 Å². The van der Waals surface area contributed by atoms with E-state index in [2.05, 4.69) is 21.0 Å². The van der Waals surface area contributed by atoms with Crippen LogP contribution in [0.3, 0.4) is 0 Å². The van der Waals surface area contributed by atoms with E-state index in [1.54, 1.807) is 17.2 Å². The molecule has 1 aliphatic rings. The van der Waals surface area contributed by atoms with E-state index in [-0.39, 0.29) is 11.9 Å². The van der Waals surface area contributed by atoms with Crippen molar-refractivity contribution < 1.29 is 13.9 Å². The molecule has 1 aromatic heterocycles. The minimum atomic E-state index is -0.468. The van der Waals surface area contributed by atoms with Crippen LogP contribution in [0, 0.1) is 11.7 Å². The summed E-state index contributed by atoms with van der Waals surface area (Å²) < 4.78 is 21.4. The summed E-state index contributed by atoms with van der Waals surface area (Å²) in [6.07, 6.45) is 3.27. The van der Waals surface area contributed by atoms with Crippen LogP contribution in [-0.2, 0) is 11.3 Å². The summed E-state index contributed by atoms with van der Waals surface area (Å²) in [4.78, 5) is 13.9. The molecule has 0 N–H and O–H groups in total. The Morgan fingerprint density at radius 1 is 1.36 bits per heavy atom. The molecule has 1 saturated heterocycles. The first-order chi connectivity index (χ1) is 11.7. The summed E-state index contributed by atoms with van der Waals surface area (Å²) in [6, 6.07) is 3.27. The third-order valence-corrected chi connectivity index (χ3v) is 4.99. The number of ether oxygens (including phenoxy) is 1. The highest BCUT2D eigenvalue weighted by Gasteiger charge is 2.27. The lowest BCUT2D eigenvalue weighted by molar-refractivity contribution is 0.0177. The second kappa shape index (κ2) is 6.94. The maximum Gasteiger partial charge on any atom is 0.410 e. The van der Waals surface area contributed by atoms with Crippen LogP contribution in [-0.4, -0.2) is 39.5 Å². The van der Waals surface area contributed by atoms with Gasteiger partial charge in [-0.15, -0.1) is 0 Å². The maximum absolute atomic E-state index is 13.6. The minimum absolute atomic E-state index is 0.241. The number of fused-ring (bicyclic) bond motifs is 1. The molecule has 5 nitrogen and oxygen atoms in total. The van der Waals surface area contributed by atoms with Crippen molar-refractivity contribution in [1.29, 1.82) is 0 Å². The Hall–Kier alpha value is -1.63. The predicted octanol–water partition coefficient (Wildman–Crippen LogP) is 4.59. The highest BCUT2D eigenvalue weighted by Crippen LogP contribution is 2.26. The Bertz CT molecular complexity index is 776. The first-order valence-corrected chi connectivity index (χ1v) is 9.31. The van der Waals surface area contributed by atoms with Gasteiger partial charge in [0.15, 0.2) is 0 Å². The van der Waals surface area contributed by atoms with Crippen LogP contribution >= 0.6 is 15.9 Å². The third-order valence-electron chi connectivity index (χ3n) is 4.38. The van der Waals surface area contributed by atoms with E-state index in [0.717, 1.165) is 30.3 Å². The molecule has 3 rings (SSSR count). The van der Waals surface area contributed by atoms with Gasteiger partial charge in [0.05, 0.1) is 16.2 Å². The van der Waals surface area contributed by atoms with E-state index < -0.39 is 5.60 Å². The molecule has 0 spiro atoms. The van der Waals surface area contributed by atoms with E-state index in [1.165, 1.54) is 6.07 Å². The van der Waals surface area contributed by atoms with E-state index >= 15 is 0 Å². The fourth-order valence-corrected chi connectivity index (χ4v) is 3.42. The fourth-order valence-electron chi connectivity index (χ4n) is 3.09. The van der Waals surface area contributed by atoms with Crippen LogP contribution in [0.25, 0.3) is 10.9 Å². The molecule has 0 aliphatic carbocycles. The number of rotatable bonds is 2. The third kappa shape index (κ3) is 4.32. The van der Waals surface area contributed by atoms with E-state index in [9.17, 15) is 9.18 Å². The van der Waals surface area contributed by atoms with Crippen molar-refractivity contribution >= 4 is 32.9 Å². The lowest BCUT2D eigenvalue weighted by Gasteiger charge is -2.33. The number of hydrogen-bond acceptors (Lipinski definition) is 3. The van der Waals surface area contributed by atoms with Gasteiger partial charge in [-0.2, -0.15) is 5.10 Å². The summed E-state index contributed by atoms with van der Waals surface area (Å²) in [7, 11) is 0. The van der Waals surface area contributed by atoms with Gasteiger partial charge in [0.2, 0.25) is 0 Å². The number of carbonyl (C=O) groups is 1. The molecule has 25 heavy (non-hydrogen) atoms. The molecule has 1 aromatic carbocycles. The van der Waals surface area contributed by atoms with Crippen LogP contribution in [0.1, 0.15) is 33.6 Å². The lowest BCUT2D eigenvalue weighted by atomic mass is 9.97. The molecule has 2 heterocycles. The monoisotopic (exact) mass is 411 g/mol. The smallest absolute Gasteiger partial charge is 0.410 e. The average Bonchev–Trinajstić information content (AvgIpc) is 2.89. The molecule has 1 aliphatic heterocycles. The number of likely N-dealkylation sites (tertiary alicyclic amines) is 1. The molecule has 1 fully saturated rings. The maximum atomic E-state index is 13.6. The molecule has 0 bridgehead atoms. The largest absolute Gasteiger partial charge is 0.444 e. The van der Waals surface area contributed by atoms with Gasteiger partial charge >= 0.3 is 6.09 Å². The quantitative estimate of drug-likeness (QED) is 0.725. The number of nitrogens with zero attached hydrogens (tertiary/aromatic N) is 3. The van der Waals surface area contributed by atoms with Crippen molar-refractivity contribution in [3.05, 3.63) is 28.6 Å². The highest BCUT2D eigenvalue weighted by molar-refractivity contribution is 9.10. The molecule has 0 unspecified atom stereocenters. The first kappa shape index (κ1) is 18.2. The van der Waals surface area contributed by atoms with Gasteiger partial charge in [0.1, 0.15) is 11.4 Å². The topological polar surface area (TPSA) is 47.4 Å². The molecular formula is C18H23BrFN3O2. The fraction of sp³-hybridized carbons (Fsp3) is 0.556. The van der Waals surface area contributed by atoms with Crippen molar-refractivity contribution in [1.82, 2.24) is 14.7 Å². The van der Waals surface area contributed by atoms with Crippen LogP contribution in [0.4, 0.5) is 9.18 Å². The SMILES string of the molecule is CC(C)(C)OC(=O)N1CCC(Cn2ncc3cc(F)c(Br)cc32)CC1. The molecule has 0 radical (unpaired) electrons. The number of carbonyl (C=O) groups excluding carboxylic acids is 1. The molecule has 136 valence electrons. The number of aromatic nitrogens is 2. The van der Waals surface area contributed by atoms with Crippen LogP contribution in [0.5, 0.6) is 0 Å². The Labute approximate surface area is 155 Å². The molecular weight excluding hydrogens is 389 g/mol. The number of hydrogen-bond donors (Lipinski definition) is 0. The Balaban J connectivity index is 1.61.